The number of pyridine rings is 1. The fourth-order valence-corrected chi connectivity index (χ4v) is 2.43. The van der Waals surface area contributed by atoms with Crippen LogP contribution in [0.3, 0.4) is 0 Å². The van der Waals surface area contributed by atoms with Gasteiger partial charge in [-0.15, -0.1) is 0 Å². The van der Waals surface area contributed by atoms with Crippen LogP contribution < -0.4 is 10.1 Å². The standard InChI is InChI=1S/C16H28N2OS/c1-5-20-10-6-9-19-16-8-7-14(4)18-15(16)12-17-11-13(2)3/h7-8,13,17H,5-6,9-12H2,1-4H3. The highest BCUT2D eigenvalue weighted by atomic mass is 32.2. The van der Waals surface area contributed by atoms with Crippen molar-refractivity contribution in [3.8, 4) is 5.75 Å². The molecular weight excluding hydrogens is 268 g/mol. The Balaban J connectivity index is 2.47. The normalized spacial score (nSPS) is 11.1. The van der Waals surface area contributed by atoms with E-state index in [0.717, 1.165) is 49.0 Å². The van der Waals surface area contributed by atoms with Crippen molar-refractivity contribution in [3.63, 3.8) is 0 Å². The fraction of sp³-hybridized carbons (Fsp3) is 0.688. The minimum atomic E-state index is 0.648. The van der Waals surface area contributed by atoms with Gasteiger partial charge in [-0.25, -0.2) is 0 Å². The Bertz CT molecular complexity index is 383. The Hall–Kier alpha value is -0.740. The second-order valence-corrected chi connectivity index (χ2v) is 6.71. The van der Waals surface area contributed by atoms with Crippen LogP contribution in [0.1, 0.15) is 38.6 Å². The van der Waals surface area contributed by atoms with Crippen LogP contribution in [-0.4, -0.2) is 29.6 Å². The molecule has 1 rings (SSSR count). The molecule has 0 fully saturated rings. The number of thioether (sulfide) groups is 1. The predicted octanol–water partition coefficient (Wildman–Crippen LogP) is 3.66. The van der Waals surface area contributed by atoms with Gasteiger partial charge < -0.3 is 10.1 Å². The summed E-state index contributed by atoms with van der Waals surface area (Å²) in [5, 5.41) is 3.43. The van der Waals surface area contributed by atoms with Crippen LogP contribution >= 0.6 is 11.8 Å². The van der Waals surface area contributed by atoms with Gasteiger partial charge >= 0.3 is 0 Å². The van der Waals surface area contributed by atoms with Crippen LogP contribution in [0.4, 0.5) is 0 Å². The highest BCUT2D eigenvalue weighted by Crippen LogP contribution is 2.17. The lowest BCUT2D eigenvalue weighted by Crippen LogP contribution is -2.20. The van der Waals surface area contributed by atoms with Crippen molar-refractivity contribution >= 4 is 11.8 Å². The smallest absolute Gasteiger partial charge is 0.142 e. The summed E-state index contributed by atoms with van der Waals surface area (Å²) in [4.78, 5) is 4.59. The van der Waals surface area contributed by atoms with E-state index in [0.29, 0.717) is 5.92 Å². The summed E-state index contributed by atoms with van der Waals surface area (Å²) in [5.74, 6) is 3.91. The zero-order valence-electron chi connectivity index (χ0n) is 13.2. The molecular formula is C16H28N2OS. The van der Waals surface area contributed by atoms with Gasteiger partial charge in [-0.1, -0.05) is 20.8 Å². The fourth-order valence-electron chi connectivity index (χ4n) is 1.82. The first kappa shape index (κ1) is 17.3. The molecule has 0 amide bonds. The van der Waals surface area contributed by atoms with Gasteiger partial charge in [-0.2, -0.15) is 11.8 Å². The van der Waals surface area contributed by atoms with Gasteiger partial charge in [0.1, 0.15) is 5.75 Å². The molecule has 4 heteroatoms. The largest absolute Gasteiger partial charge is 0.492 e. The predicted molar refractivity (Wildman–Crippen MR) is 88.6 cm³/mol. The molecule has 0 unspecified atom stereocenters. The first-order valence-corrected chi connectivity index (χ1v) is 8.66. The summed E-state index contributed by atoms with van der Waals surface area (Å²) in [6.07, 6.45) is 1.09. The number of rotatable bonds is 10. The van der Waals surface area contributed by atoms with Crippen LogP contribution in [-0.2, 0) is 6.54 Å². The molecule has 0 spiro atoms. The van der Waals surface area contributed by atoms with E-state index in [-0.39, 0.29) is 0 Å². The molecule has 20 heavy (non-hydrogen) atoms. The third-order valence-corrected chi connectivity index (χ3v) is 3.80. The van der Waals surface area contributed by atoms with Gasteiger partial charge in [-0.05, 0) is 49.4 Å². The van der Waals surface area contributed by atoms with Gasteiger partial charge in [0.15, 0.2) is 0 Å². The first-order chi connectivity index (χ1) is 9.63. The molecule has 0 aliphatic rings. The lowest BCUT2D eigenvalue weighted by atomic mass is 10.2. The van der Waals surface area contributed by atoms with Crippen molar-refractivity contribution in [2.75, 3.05) is 24.7 Å². The van der Waals surface area contributed by atoms with Crippen molar-refractivity contribution in [2.24, 2.45) is 5.92 Å². The monoisotopic (exact) mass is 296 g/mol. The van der Waals surface area contributed by atoms with Gasteiger partial charge in [0.25, 0.3) is 0 Å². The Morgan fingerprint density at radius 2 is 2.15 bits per heavy atom. The third-order valence-electron chi connectivity index (χ3n) is 2.81. The minimum absolute atomic E-state index is 0.648. The zero-order chi connectivity index (χ0) is 14.8. The van der Waals surface area contributed by atoms with E-state index >= 15 is 0 Å². The van der Waals surface area contributed by atoms with E-state index in [1.807, 2.05) is 30.8 Å². The average Bonchev–Trinajstić information content (AvgIpc) is 2.40. The summed E-state index contributed by atoms with van der Waals surface area (Å²) in [6.45, 7) is 11.2. The van der Waals surface area contributed by atoms with Crippen LogP contribution in [0.15, 0.2) is 12.1 Å². The molecule has 3 nitrogen and oxygen atoms in total. The van der Waals surface area contributed by atoms with Crippen molar-refractivity contribution < 1.29 is 4.74 Å². The first-order valence-electron chi connectivity index (χ1n) is 7.51. The Labute approximate surface area is 127 Å². The highest BCUT2D eigenvalue weighted by molar-refractivity contribution is 7.99. The molecule has 1 aromatic rings. The summed E-state index contributed by atoms with van der Waals surface area (Å²) in [6, 6.07) is 4.06. The maximum Gasteiger partial charge on any atom is 0.142 e. The zero-order valence-corrected chi connectivity index (χ0v) is 14.1. The molecule has 0 bridgehead atoms. The second-order valence-electron chi connectivity index (χ2n) is 5.32. The van der Waals surface area contributed by atoms with Gasteiger partial charge in [0.05, 0.1) is 12.3 Å². The molecule has 1 heterocycles. The van der Waals surface area contributed by atoms with E-state index in [9.17, 15) is 0 Å². The number of nitrogens with zero attached hydrogens (tertiary/aromatic N) is 1. The van der Waals surface area contributed by atoms with E-state index in [4.69, 9.17) is 4.74 Å². The van der Waals surface area contributed by atoms with E-state index in [1.54, 1.807) is 0 Å². The van der Waals surface area contributed by atoms with Gasteiger partial charge in [-0.3, -0.25) is 4.98 Å². The van der Waals surface area contributed by atoms with E-state index in [1.165, 1.54) is 5.75 Å². The van der Waals surface area contributed by atoms with Crippen molar-refractivity contribution in [1.29, 1.82) is 0 Å². The molecule has 1 aromatic heterocycles. The quantitative estimate of drug-likeness (QED) is 0.668. The lowest BCUT2D eigenvalue weighted by molar-refractivity contribution is 0.312. The van der Waals surface area contributed by atoms with Crippen LogP contribution in [0, 0.1) is 12.8 Å². The molecule has 0 radical (unpaired) electrons. The molecule has 0 aromatic carbocycles. The maximum absolute atomic E-state index is 5.88. The Morgan fingerprint density at radius 3 is 2.85 bits per heavy atom. The van der Waals surface area contributed by atoms with E-state index in [2.05, 4.69) is 31.1 Å². The number of nitrogens with one attached hydrogen (secondary N) is 1. The number of aromatic nitrogens is 1. The average molecular weight is 296 g/mol. The van der Waals surface area contributed by atoms with Crippen LogP contribution in [0.2, 0.25) is 0 Å². The van der Waals surface area contributed by atoms with Crippen LogP contribution in [0.25, 0.3) is 0 Å². The minimum Gasteiger partial charge on any atom is -0.492 e. The molecule has 0 aliphatic carbocycles. The number of ether oxygens (including phenoxy) is 1. The lowest BCUT2D eigenvalue weighted by Gasteiger charge is -2.13. The highest BCUT2D eigenvalue weighted by Gasteiger charge is 2.06. The SMILES string of the molecule is CCSCCCOc1ccc(C)nc1CNCC(C)C. The molecule has 0 saturated heterocycles. The number of aryl methyl sites for hydroxylation is 1. The van der Waals surface area contributed by atoms with Gasteiger partial charge in [0, 0.05) is 12.2 Å². The summed E-state index contributed by atoms with van der Waals surface area (Å²) < 4.78 is 5.88. The van der Waals surface area contributed by atoms with Crippen molar-refractivity contribution in [1.82, 2.24) is 10.3 Å². The summed E-state index contributed by atoms with van der Waals surface area (Å²) in [7, 11) is 0. The van der Waals surface area contributed by atoms with Crippen molar-refractivity contribution in [3.05, 3.63) is 23.5 Å². The molecule has 0 saturated carbocycles. The molecule has 114 valence electrons. The number of hydrogen-bond donors (Lipinski definition) is 1. The van der Waals surface area contributed by atoms with Crippen LogP contribution in [0.5, 0.6) is 5.75 Å². The topological polar surface area (TPSA) is 34.1 Å². The molecule has 1 N–H and O–H groups in total. The number of hydrogen-bond acceptors (Lipinski definition) is 4. The summed E-state index contributed by atoms with van der Waals surface area (Å²) >= 11 is 1.96. The molecule has 0 aliphatic heterocycles. The van der Waals surface area contributed by atoms with Gasteiger partial charge in [0.2, 0.25) is 0 Å². The Morgan fingerprint density at radius 1 is 1.35 bits per heavy atom. The third kappa shape index (κ3) is 7.15. The molecule has 0 atom stereocenters. The maximum atomic E-state index is 5.88. The second kappa shape index (κ2) is 10.1. The van der Waals surface area contributed by atoms with Crippen molar-refractivity contribution in [2.45, 2.75) is 40.7 Å². The van der Waals surface area contributed by atoms with E-state index < -0.39 is 0 Å². The summed E-state index contributed by atoms with van der Waals surface area (Å²) in [5.41, 5.74) is 2.06. The Kier molecular flexibility index (Phi) is 8.70.